The largest absolute Gasteiger partial charge is 0.464 e. The standard InChI is InChI=1S/C23H26N2O5/c1-2-30-23(29)20(21(27)17-11-7-4-8-12-17)24-22(28)18-13-19(26)25(15-18)14-16-9-5-3-6-10-16/h3-12,18,20-21,27H,2,13-15H2,1H3,(H,24,28). The molecule has 0 saturated carbocycles. The Morgan fingerprint density at radius 2 is 1.77 bits per heavy atom. The monoisotopic (exact) mass is 410 g/mol. The summed E-state index contributed by atoms with van der Waals surface area (Å²) in [5.41, 5.74) is 1.47. The first-order chi connectivity index (χ1) is 14.5. The molecule has 3 rings (SSSR count). The molecular weight excluding hydrogens is 384 g/mol. The molecule has 0 aromatic heterocycles. The summed E-state index contributed by atoms with van der Waals surface area (Å²) < 4.78 is 5.04. The van der Waals surface area contributed by atoms with Gasteiger partial charge in [-0.05, 0) is 18.1 Å². The number of aliphatic hydroxyl groups excluding tert-OH is 1. The SMILES string of the molecule is CCOC(=O)C(NC(=O)C1CC(=O)N(Cc2ccccc2)C1)C(O)c1ccccc1. The normalized spacial score (nSPS) is 18.0. The topological polar surface area (TPSA) is 95.9 Å². The van der Waals surface area contributed by atoms with Gasteiger partial charge in [0.15, 0.2) is 6.04 Å². The molecule has 3 atom stereocenters. The van der Waals surface area contributed by atoms with Crippen LogP contribution in [0.1, 0.15) is 30.6 Å². The van der Waals surface area contributed by atoms with Crippen molar-refractivity contribution in [1.82, 2.24) is 10.2 Å². The van der Waals surface area contributed by atoms with Crippen LogP contribution >= 0.6 is 0 Å². The van der Waals surface area contributed by atoms with Crippen molar-refractivity contribution in [1.29, 1.82) is 0 Å². The second-order valence-corrected chi connectivity index (χ2v) is 7.25. The van der Waals surface area contributed by atoms with Crippen LogP contribution in [-0.2, 0) is 25.7 Å². The molecule has 0 bridgehead atoms. The number of nitrogens with one attached hydrogen (secondary N) is 1. The lowest BCUT2D eigenvalue weighted by Crippen LogP contribution is -2.48. The molecule has 1 aliphatic rings. The Balaban J connectivity index is 1.68. The lowest BCUT2D eigenvalue weighted by atomic mass is 10.0. The molecule has 158 valence electrons. The molecule has 30 heavy (non-hydrogen) atoms. The Labute approximate surface area is 175 Å². The van der Waals surface area contributed by atoms with Gasteiger partial charge in [-0.25, -0.2) is 4.79 Å². The summed E-state index contributed by atoms with van der Waals surface area (Å²) in [4.78, 5) is 39.2. The molecule has 0 spiro atoms. The maximum absolute atomic E-state index is 12.8. The Morgan fingerprint density at radius 1 is 1.13 bits per heavy atom. The van der Waals surface area contributed by atoms with Gasteiger partial charge in [-0.15, -0.1) is 0 Å². The summed E-state index contributed by atoms with van der Waals surface area (Å²) in [6, 6.07) is 16.9. The zero-order chi connectivity index (χ0) is 21.5. The highest BCUT2D eigenvalue weighted by Gasteiger charge is 2.38. The van der Waals surface area contributed by atoms with Crippen LogP contribution in [-0.4, -0.2) is 47.0 Å². The second-order valence-electron chi connectivity index (χ2n) is 7.25. The minimum Gasteiger partial charge on any atom is -0.464 e. The van der Waals surface area contributed by atoms with E-state index in [1.54, 1.807) is 42.2 Å². The molecule has 2 N–H and O–H groups in total. The minimum atomic E-state index is -1.26. The maximum Gasteiger partial charge on any atom is 0.331 e. The van der Waals surface area contributed by atoms with Crippen molar-refractivity contribution < 1.29 is 24.2 Å². The highest BCUT2D eigenvalue weighted by molar-refractivity contribution is 5.91. The number of hydrogen-bond donors (Lipinski definition) is 2. The summed E-state index contributed by atoms with van der Waals surface area (Å²) in [7, 11) is 0. The molecule has 7 heteroatoms. The molecule has 1 fully saturated rings. The number of esters is 1. The van der Waals surface area contributed by atoms with Crippen LogP contribution in [0.2, 0.25) is 0 Å². The molecule has 2 amide bonds. The van der Waals surface area contributed by atoms with E-state index in [0.29, 0.717) is 12.1 Å². The molecule has 0 radical (unpaired) electrons. The molecule has 1 aliphatic heterocycles. The van der Waals surface area contributed by atoms with Crippen LogP contribution in [0.3, 0.4) is 0 Å². The van der Waals surface area contributed by atoms with E-state index < -0.39 is 29.9 Å². The molecule has 2 aromatic rings. The lowest BCUT2D eigenvalue weighted by molar-refractivity contribution is -0.151. The first-order valence-electron chi connectivity index (χ1n) is 10.0. The van der Waals surface area contributed by atoms with E-state index >= 15 is 0 Å². The number of carbonyl (C=O) groups excluding carboxylic acids is 3. The van der Waals surface area contributed by atoms with Crippen molar-refractivity contribution in [2.24, 2.45) is 5.92 Å². The highest BCUT2D eigenvalue weighted by atomic mass is 16.5. The lowest BCUT2D eigenvalue weighted by Gasteiger charge is -2.24. The average molecular weight is 410 g/mol. The van der Waals surface area contributed by atoms with Gasteiger partial charge in [0.1, 0.15) is 6.10 Å². The number of likely N-dealkylation sites (tertiary alicyclic amines) is 1. The number of aliphatic hydroxyl groups is 1. The molecule has 3 unspecified atom stereocenters. The number of rotatable bonds is 8. The third-order valence-electron chi connectivity index (χ3n) is 5.10. The number of carbonyl (C=O) groups is 3. The van der Waals surface area contributed by atoms with Crippen LogP contribution < -0.4 is 5.32 Å². The third kappa shape index (κ3) is 5.24. The van der Waals surface area contributed by atoms with Gasteiger partial charge in [0.25, 0.3) is 0 Å². The Kier molecular flexibility index (Phi) is 7.19. The van der Waals surface area contributed by atoms with E-state index in [1.165, 1.54) is 0 Å². The van der Waals surface area contributed by atoms with Crippen LogP contribution in [0.4, 0.5) is 0 Å². The summed E-state index contributed by atoms with van der Waals surface area (Å²) in [6.07, 6.45) is -1.19. The van der Waals surface area contributed by atoms with Crippen molar-refractivity contribution in [2.75, 3.05) is 13.2 Å². The van der Waals surface area contributed by atoms with E-state index in [2.05, 4.69) is 5.32 Å². The summed E-state index contributed by atoms with van der Waals surface area (Å²) in [6.45, 7) is 2.47. The Bertz CT molecular complexity index is 872. The van der Waals surface area contributed by atoms with Gasteiger partial charge < -0.3 is 20.1 Å². The number of nitrogens with zero attached hydrogens (tertiary/aromatic N) is 1. The number of amides is 2. The fourth-order valence-corrected chi connectivity index (χ4v) is 3.52. The number of ether oxygens (including phenoxy) is 1. The van der Waals surface area contributed by atoms with Gasteiger partial charge in [0.2, 0.25) is 11.8 Å². The van der Waals surface area contributed by atoms with Gasteiger partial charge in [0.05, 0.1) is 12.5 Å². The van der Waals surface area contributed by atoms with Crippen molar-refractivity contribution in [2.45, 2.75) is 32.0 Å². The first-order valence-corrected chi connectivity index (χ1v) is 10.0. The van der Waals surface area contributed by atoms with E-state index in [1.807, 2.05) is 30.3 Å². The summed E-state index contributed by atoms with van der Waals surface area (Å²) >= 11 is 0. The van der Waals surface area contributed by atoms with Crippen LogP contribution in [0.15, 0.2) is 60.7 Å². The smallest absolute Gasteiger partial charge is 0.331 e. The molecule has 1 saturated heterocycles. The summed E-state index contributed by atoms with van der Waals surface area (Å²) in [5, 5.41) is 13.3. The maximum atomic E-state index is 12.8. The second kappa shape index (κ2) is 10.0. The molecule has 1 heterocycles. The highest BCUT2D eigenvalue weighted by Crippen LogP contribution is 2.23. The van der Waals surface area contributed by atoms with E-state index in [9.17, 15) is 19.5 Å². The van der Waals surface area contributed by atoms with E-state index in [0.717, 1.165) is 5.56 Å². The summed E-state index contributed by atoms with van der Waals surface area (Å²) in [5.74, 6) is -1.88. The number of benzene rings is 2. The van der Waals surface area contributed by atoms with E-state index in [-0.39, 0.29) is 25.5 Å². The van der Waals surface area contributed by atoms with Crippen molar-refractivity contribution in [3.63, 3.8) is 0 Å². The zero-order valence-electron chi connectivity index (χ0n) is 16.9. The van der Waals surface area contributed by atoms with Gasteiger partial charge in [-0.2, -0.15) is 0 Å². The number of hydrogen-bond acceptors (Lipinski definition) is 5. The quantitative estimate of drug-likeness (QED) is 0.647. The van der Waals surface area contributed by atoms with Crippen molar-refractivity contribution in [3.05, 3.63) is 71.8 Å². The van der Waals surface area contributed by atoms with Crippen molar-refractivity contribution >= 4 is 17.8 Å². The van der Waals surface area contributed by atoms with Gasteiger partial charge in [-0.3, -0.25) is 9.59 Å². The molecule has 7 nitrogen and oxygen atoms in total. The first kappa shape index (κ1) is 21.5. The van der Waals surface area contributed by atoms with Crippen LogP contribution in [0, 0.1) is 5.92 Å². The van der Waals surface area contributed by atoms with Crippen LogP contribution in [0.5, 0.6) is 0 Å². The predicted octanol–water partition coefficient (Wildman–Crippen LogP) is 1.82. The Hall–Kier alpha value is -3.19. The van der Waals surface area contributed by atoms with Crippen LogP contribution in [0.25, 0.3) is 0 Å². The van der Waals surface area contributed by atoms with Gasteiger partial charge in [0, 0.05) is 19.5 Å². The Morgan fingerprint density at radius 3 is 2.40 bits per heavy atom. The fourth-order valence-electron chi connectivity index (χ4n) is 3.52. The minimum absolute atomic E-state index is 0.0651. The molecule has 0 aliphatic carbocycles. The third-order valence-corrected chi connectivity index (χ3v) is 5.10. The molecule has 2 aromatic carbocycles. The average Bonchev–Trinajstić information content (AvgIpc) is 3.13. The fraction of sp³-hybridized carbons (Fsp3) is 0.348. The van der Waals surface area contributed by atoms with Crippen molar-refractivity contribution in [3.8, 4) is 0 Å². The zero-order valence-corrected chi connectivity index (χ0v) is 16.9. The molecular formula is C23H26N2O5. The van der Waals surface area contributed by atoms with Gasteiger partial charge >= 0.3 is 5.97 Å². The van der Waals surface area contributed by atoms with Gasteiger partial charge in [-0.1, -0.05) is 60.7 Å². The predicted molar refractivity (Wildman–Crippen MR) is 110 cm³/mol. The van der Waals surface area contributed by atoms with E-state index in [4.69, 9.17) is 4.74 Å².